The maximum absolute atomic E-state index is 10.9. The van der Waals surface area contributed by atoms with E-state index in [2.05, 4.69) is 17.2 Å². The van der Waals surface area contributed by atoms with Crippen molar-refractivity contribution in [3.8, 4) is 0 Å². The van der Waals surface area contributed by atoms with Gasteiger partial charge < -0.3 is 21.1 Å². The summed E-state index contributed by atoms with van der Waals surface area (Å²) in [5.41, 5.74) is 5.20. The SMILES string of the molecule is C1CC2C3CCC(C3)C2C1.C=C(C)C(=O)OCCNC(=O)NCC.CCN. The zero-order valence-electron chi connectivity index (χ0n) is 17.4. The van der Waals surface area contributed by atoms with Crippen molar-refractivity contribution >= 4 is 12.0 Å². The van der Waals surface area contributed by atoms with Gasteiger partial charge in [-0.1, -0.05) is 19.9 Å². The van der Waals surface area contributed by atoms with Crippen LogP contribution in [0.3, 0.4) is 0 Å². The standard InChI is InChI=1S/C10H16.C9H16N2O3.C2H7N/c1-2-9-7-4-5-8(6-7)10(9)3-1;1-4-10-9(13)11-5-6-14-8(12)7(2)3;1-2-3/h7-10H,1-6H2;2,4-6H2,1,3H3,(H2,10,11,13);2-3H2,1H3. The molecule has 0 heterocycles. The molecule has 0 saturated heterocycles. The van der Waals surface area contributed by atoms with Crippen LogP contribution in [0.1, 0.15) is 59.3 Å². The number of hydrogen-bond acceptors (Lipinski definition) is 4. The van der Waals surface area contributed by atoms with Gasteiger partial charge in [0, 0.05) is 12.1 Å². The summed E-state index contributed by atoms with van der Waals surface area (Å²) in [6.07, 6.45) is 9.53. The fraction of sp³-hybridized carbons (Fsp3) is 0.810. The first kappa shape index (κ1) is 23.5. The maximum atomic E-state index is 10.9. The number of amides is 2. The molecule has 6 heteroatoms. The molecule has 0 radical (unpaired) electrons. The smallest absolute Gasteiger partial charge is 0.333 e. The second-order valence-corrected chi connectivity index (χ2v) is 7.70. The molecule has 2 amide bonds. The van der Waals surface area contributed by atoms with Gasteiger partial charge in [-0.2, -0.15) is 0 Å². The Morgan fingerprint density at radius 2 is 1.63 bits per heavy atom. The highest BCUT2D eigenvalue weighted by atomic mass is 16.5. The lowest BCUT2D eigenvalue weighted by molar-refractivity contribution is -0.138. The average molecular weight is 382 g/mol. The first-order valence-electron chi connectivity index (χ1n) is 10.5. The summed E-state index contributed by atoms with van der Waals surface area (Å²) in [5.74, 6) is 4.36. The molecule has 156 valence electrons. The highest BCUT2D eigenvalue weighted by Gasteiger charge is 2.48. The van der Waals surface area contributed by atoms with E-state index in [9.17, 15) is 9.59 Å². The number of rotatable bonds is 5. The number of hydrogen-bond donors (Lipinski definition) is 3. The van der Waals surface area contributed by atoms with Gasteiger partial charge in [0.25, 0.3) is 0 Å². The van der Waals surface area contributed by atoms with Crippen molar-refractivity contribution < 1.29 is 14.3 Å². The molecule has 2 bridgehead atoms. The van der Waals surface area contributed by atoms with Crippen LogP contribution in [-0.2, 0) is 9.53 Å². The molecule has 0 aromatic carbocycles. The quantitative estimate of drug-likeness (QED) is 0.387. The number of carbonyl (C=O) groups is 2. The third-order valence-electron chi connectivity index (χ3n) is 5.66. The molecular formula is C21H39N3O3. The molecule has 6 nitrogen and oxygen atoms in total. The number of urea groups is 1. The predicted octanol–water partition coefficient (Wildman–Crippen LogP) is 3.22. The van der Waals surface area contributed by atoms with E-state index < -0.39 is 5.97 Å². The minimum atomic E-state index is -0.442. The van der Waals surface area contributed by atoms with Crippen LogP contribution in [0.25, 0.3) is 0 Å². The van der Waals surface area contributed by atoms with Crippen LogP contribution in [0.5, 0.6) is 0 Å². The Balaban J connectivity index is 0.000000242. The van der Waals surface area contributed by atoms with Crippen LogP contribution >= 0.6 is 0 Å². The summed E-state index contributed by atoms with van der Waals surface area (Å²) in [7, 11) is 0. The lowest BCUT2D eigenvalue weighted by Crippen LogP contribution is -2.37. The van der Waals surface area contributed by atoms with Crippen LogP contribution in [0, 0.1) is 23.7 Å². The lowest BCUT2D eigenvalue weighted by atomic mass is 9.82. The number of esters is 1. The van der Waals surface area contributed by atoms with Gasteiger partial charge in [0.15, 0.2) is 0 Å². The first-order valence-corrected chi connectivity index (χ1v) is 10.5. The van der Waals surface area contributed by atoms with Crippen LogP contribution in [-0.4, -0.2) is 38.2 Å². The van der Waals surface area contributed by atoms with Crippen molar-refractivity contribution in [2.45, 2.75) is 59.3 Å². The van der Waals surface area contributed by atoms with Gasteiger partial charge in [-0.3, -0.25) is 0 Å². The van der Waals surface area contributed by atoms with E-state index >= 15 is 0 Å². The molecule has 0 spiro atoms. The molecule has 0 aromatic rings. The molecule has 3 fully saturated rings. The number of carbonyl (C=O) groups excluding carboxylic acids is 2. The Labute approximate surface area is 164 Å². The molecule has 3 aliphatic carbocycles. The summed E-state index contributed by atoms with van der Waals surface area (Å²) in [6, 6.07) is -0.265. The third kappa shape index (κ3) is 7.91. The Morgan fingerprint density at radius 3 is 2.11 bits per heavy atom. The van der Waals surface area contributed by atoms with Gasteiger partial charge in [-0.15, -0.1) is 0 Å². The molecule has 3 rings (SSSR count). The molecule has 3 aliphatic rings. The van der Waals surface area contributed by atoms with Gasteiger partial charge >= 0.3 is 12.0 Å². The van der Waals surface area contributed by atoms with Crippen LogP contribution in [0.15, 0.2) is 12.2 Å². The summed E-state index contributed by atoms with van der Waals surface area (Å²) < 4.78 is 4.75. The molecule has 4 atom stereocenters. The van der Waals surface area contributed by atoms with Crippen LogP contribution in [0.2, 0.25) is 0 Å². The number of nitrogens with one attached hydrogen (secondary N) is 2. The van der Waals surface area contributed by atoms with Gasteiger partial charge in [-0.25, -0.2) is 9.59 Å². The van der Waals surface area contributed by atoms with Crippen LogP contribution < -0.4 is 16.4 Å². The van der Waals surface area contributed by atoms with Crippen molar-refractivity contribution in [1.82, 2.24) is 10.6 Å². The Kier molecular flexibility index (Phi) is 11.1. The van der Waals surface area contributed by atoms with Gasteiger partial charge in [-0.05, 0) is 76.2 Å². The second kappa shape index (κ2) is 12.8. The van der Waals surface area contributed by atoms with E-state index in [1.807, 2.05) is 13.8 Å². The van der Waals surface area contributed by atoms with Crippen LogP contribution in [0.4, 0.5) is 4.79 Å². The lowest BCUT2D eigenvalue weighted by Gasteiger charge is -2.23. The Hall–Kier alpha value is -1.56. The van der Waals surface area contributed by atoms with Crippen molar-refractivity contribution in [1.29, 1.82) is 0 Å². The van der Waals surface area contributed by atoms with E-state index in [0.29, 0.717) is 18.7 Å². The molecule has 0 aromatic heterocycles. The Bertz CT molecular complexity index is 465. The minimum Gasteiger partial charge on any atom is -0.460 e. The molecule has 3 saturated carbocycles. The Morgan fingerprint density at radius 1 is 1.07 bits per heavy atom. The average Bonchev–Trinajstić information content (AvgIpc) is 3.34. The van der Waals surface area contributed by atoms with Crippen molar-refractivity contribution in [3.63, 3.8) is 0 Å². The highest BCUT2D eigenvalue weighted by molar-refractivity contribution is 5.86. The summed E-state index contributed by atoms with van der Waals surface area (Å²) in [4.78, 5) is 21.7. The minimum absolute atomic E-state index is 0.156. The monoisotopic (exact) mass is 381 g/mol. The normalized spacial score (nSPS) is 26.7. The fourth-order valence-electron chi connectivity index (χ4n) is 4.67. The summed E-state index contributed by atoms with van der Waals surface area (Å²) in [5, 5.41) is 5.07. The summed E-state index contributed by atoms with van der Waals surface area (Å²) >= 11 is 0. The topological polar surface area (TPSA) is 93.4 Å². The van der Waals surface area contributed by atoms with Gasteiger partial charge in [0.2, 0.25) is 0 Å². The van der Waals surface area contributed by atoms with E-state index in [-0.39, 0.29) is 12.6 Å². The third-order valence-corrected chi connectivity index (χ3v) is 5.66. The van der Waals surface area contributed by atoms with E-state index in [1.54, 1.807) is 45.4 Å². The maximum Gasteiger partial charge on any atom is 0.333 e. The predicted molar refractivity (Wildman–Crippen MR) is 109 cm³/mol. The van der Waals surface area contributed by atoms with Crippen molar-refractivity contribution in [2.24, 2.45) is 29.4 Å². The molecular weight excluding hydrogens is 342 g/mol. The van der Waals surface area contributed by atoms with Gasteiger partial charge in [0.1, 0.15) is 6.61 Å². The molecule has 0 aliphatic heterocycles. The number of ether oxygens (including phenoxy) is 1. The number of fused-ring (bicyclic) bond motifs is 5. The van der Waals surface area contributed by atoms with E-state index in [1.165, 1.54) is 23.7 Å². The van der Waals surface area contributed by atoms with Crippen molar-refractivity contribution in [2.75, 3.05) is 26.2 Å². The van der Waals surface area contributed by atoms with E-state index in [4.69, 9.17) is 10.5 Å². The zero-order chi connectivity index (χ0) is 20.2. The van der Waals surface area contributed by atoms with Crippen molar-refractivity contribution in [3.05, 3.63) is 12.2 Å². The highest BCUT2D eigenvalue weighted by Crippen LogP contribution is 2.58. The first-order chi connectivity index (χ1) is 12.9. The molecule has 4 N–H and O–H groups in total. The second-order valence-electron chi connectivity index (χ2n) is 7.70. The zero-order valence-corrected chi connectivity index (χ0v) is 17.4. The molecule has 27 heavy (non-hydrogen) atoms. The van der Waals surface area contributed by atoms with Gasteiger partial charge in [0.05, 0.1) is 6.54 Å². The fourth-order valence-corrected chi connectivity index (χ4v) is 4.67. The summed E-state index contributed by atoms with van der Waals surface area (Å²) in [6.45, 7) is 10.5. The van der Waals surface area contributed by atoms with E-state index in [0.717, 1.165) is 6.54 Å². The largest absolute Gasteiger partial charge is 0.460 e. The number of nitrogens with two attached hydrogens (primary N) is 1. The molecule has 4 unspecified atom stereocenters.